The molecule has 0 unspecified atom stereocenters. The zero-order valence-corrected chi connectivity index (χ0v) is 9.29. The van der Waals surface area contributed by atoms with Crippen LogP contribution in [0.15, 0.2) is 11.8 Å². The normalized spacial score (nSPS) is 14.6. The molecule has 0 bridgehead atoms. The molecular weight excluding hydrogens is 208 g/mol. The lowest BCUT2D eigenvalue weighted by molar-refractivity contribution is -0.137. The fourth-order valence-electron chi connectivity index (χ4n) is 1.63. The maximum Gasteiger partial charge on any atom is 0.318 e. The second-order valence-corrected chi connectivity index (χ2v) is 3.91. The van der Waals surface area contributed by atoms with E-state index >= 15 is 0 Å². The molecule has 1 rings (SSSR count). The van der Waals surface area contributed by atoms with E-state index in [4.69, 9.17) is 5.11 Å². The molecule has 0 spiro atoms. The summed E-state index contributed by atoms with van der Waals surface area (Å²) in [5.41, 5.74) is 1.28. The van der Waals surface area contributed by atoms with E-state index in [2.05, 4.69) is 10.6 Å². The second kappa shape index (κ2) is 6.87. The number of carboxylic acids is 1. The molecule has 5 nitrogen and oxygen atoms in total. The van der Waals surface area contributed by atoms with Crippen molar-refractivity contribution in [2.45, 2.75) is 38.5 Å². The molecule has 0 heterocycles. The lowest BCUT2D eigenvalue weighted by atomic mass is 10.2. The molecule has 1 saturated carbocycles. The Hall–Kier alpha value is -1.52. The van der Waals surface area contributed by atoms with Crippen molar-refractivity contribution >= 4 is 12.0 Å². The van der Waals surface area contributed by atoms with Crippen molar-refractivity contribution in [2.24, 2.45) is 0 Å². The third-order valence-electron chi connectivity index (χ3n) is 2.51. The number of hydrogen-bond donors (Lipinski definition) is 3. The number of carboxylic acid groups (broad SMARTS) is 1. The van der Waals surface area contributed by atoms with E-state index in [1.165, 1.54) is 18.4 Å². The minimum atomic E-state index is -0.838. The first-order valence-corrected chi connectivity index (χ1v) is 5.62. The predicted octanol–water partition coefficient (Wildman–Crippen LogP) is 1.61. The van der Waals surface area contributed by atoms with Gasteiger partial charge in [-0.1, -0.05) is 5.57 Å². The van der Waals surface area contributed by atoms with Crippen LogP contribution in [0.5, 0.6) is 0 Å². The molecule has 0 atom stereocenters. The minimum absolute atomic E-state index is 0.0847. The van der Waals surface area contributed by atoms with Crippen LogP contribution < -0.4 is 10.6 Å². The number of aliphatic carboxylic acids is 1. The molecule has 0 aliphatic heterocycles. The fourth-order valence-corrected chi connectivity index (χ4v) is 1.63. The van der Waals surface area contributed by atoms with Crippen LogP contribution in [0.4, 0.5) is 4.79 Å². The first kappa shape index (κ1) is 12.5. The second-order valence-electron chi connectivity index (χ2n) is 3.91. The molecule has 0 aromatic rings. The molecule has 1 aliphatic carbocycles. The van der Waals surface area contributed by atoms with Gasteiger partial charge < -0.3 is 15.7 Å². The molecule has 16 heavy (non-hydrogen) atoms. The van der Waals surface area contributed by atoms with E-state index in [-0.39, 0.29) is 12.5 Å². The largest absolute Gasteiger partial charge is 0.481 e. The van der Waals surface area contributed by atoms with Gasteiger partial charge in [0.1, 0.15) is 0 Å². The van der Waals surface area contributed by atoms with E-state index < -0.39 is 5.97 Å². The summed E-state index contributed by atoms with van der Waals surface area (Å²) in [4.78, 5) is 21.4. The zero-order valence-electron chi connectivity index (χ0n) is 9.29. The molecule has 0 aromatic heterocycles. The summed E-state index contributed by atoms with van der Waals surface area (Å²) >= 11 is 0. The third kappa shape index (κ3) is 5.38. The van der Waals surface area contributed by atoms with Crippen LogP contribution in [-0.2, 0) is 4.79 Å². The highest BCUT2D eigenvalue weighted by Gasteiger charge is 2.06. The molecule has 1 fully saturated rings. The molecule has 1 aliphatic rings. The summed E-state index contributed by atoms with van der Waals surface area (Å²) < 4.78 is 0. The van der Waals surface area contributed by atoms with Crippen LogP contribution in [-0.4, -0.2) is 23.7 Å². The van der Waals surface area contributed by atoms with Crippen molar-refractivity contribution in [2.75, 3.05) is 6.54 Å². The molecule has 0 radical (unpaired) electrons. The first-order valence-electron chi connectivity index (χ1n) is 5.62. The molecule has 0 saturated heterocycles. The van der Waals surface area contributed by atoms with Crippen LogP contribution in [0, 0.1) is 0 Å². The molecule has 0 aromatic carbocycles. The van der Waals surface area contributed by atoms with Gasteiger partial charge in [0.25, 0.3) is 0 Å². The van der Waals surface area contributed by atoms with Crippen LogP contribution in [0.1, 0.15) is 38.5 Å². The van der Waals surface area contributed by atoms with Gasteiger partial charge in [0.2, 0.25) is 0 Å². The van der Waals surface area contributed by atoms with Crippen molar-refractivity contribution < 1.29 is 14.7 Å². The minimum Gasteiger partial charge on any atom is -0.481 e. The highest BCUT2D eigenvalue weighted by atomic mass is 16.4. The van der Waals surface area contributed by atoms with Gasteiger partial charge in [-0.05, 0) is 32.1 Å². The van der Waals surface area contributed by atoms with Crippen molar-refractivity contribution in [1.82, 2.24) is 10.6 Å². The van der Waals surface area contributed by atoms with E-state index in [0.29, 0.717) is 13.0 Å². The summed E-state index contributed by atoms with van der Waals surface area (Å²) in [5.74, 6) is -0.838. The van der Waals surface area contributed by atoms with Crippen LogP contribution in [0.25, 0.3) is 0 Å². The summed E-state index contributed by atoms with van der Waals surface area (Å²) in [6.45, 7) is 0.390. The number of rotatable bonds is 5. The summed E-state index contributed by atoms with van der Waals surface area (Å²) in [6, 6.07) is -0.259. The van der Waals surface area contributed by atoms with Crippen LogP contribution >= 0.6 is 0 Å². The number of allylic oxidation sites excluding steroid dienone is 1. The first-order chi connectivity index (χ1) is 7.68. The topological polar surface area (TPSA) is 78.4 Å². The molecular formula is C11H18N2O3. The Morgan fingerprint density at radius 3 is 2.62 bits per heavy atom. The predicted molar refractivity (Wildman–Crippen MR) is 60.0 cm³/mol. The van der Waals surface area contributed by atoms with Gasteiger partial charge >= 0.3 is 12.0 Å². The van der Waals surface area contributed by atoms with E-state index in [1.807, 2.05) is 0 Å². The van der Waals surface area contributed by atoms with Crippen molar-refractivity contribution in [3.8, 4) is 0 Å². The zero-order chi connectivity index (χ0) is 11.8. The van der Waals surface area contributed by atoms with E-state index in [9.17, 15) is 9.59 Å². The quantitative estimate of drug-likeness (QED) is 0.623. The lowest BCUT2D eigenvalue weighted by Gasteiger charge is -2.04. The van der Waals surface area contributed by atoms with Crippen molar-refractivity contribution in [3.63, 3.8) is 0 Å². The average molecular weight is 226 g/mol. The van der Waals surface area contributed by atoms with Crippen molar-refractivity contribution in [3.05, 3.63) is 11.8 Å². The van der Waals surface area contributed by atoms with Crippen molar-refractivity contribution in [1.29, 1.82) is 0 Å². The summed E-state index contributed by atoms with van der Waals surface area (Å²) in [7, 11) is 0. The maximum atomic E-state index is 11.2. The average Bonchev–Trinajstić information content (AvgIpc) is 2.74. The van der Waals surface area contributed by atoms with Gasteiger partial charge in [0.15, 0.2) is 0 Å². The van der Waals surface area contributed by atoms with Gasteiger partial charge in [0, 0.05) is 19.2 Å². The smallest absolute Gasteiger partial charge is 0.318 e. The monoisotopic (exact) mass is 226 g/mol. The number of amides is 2. The Morgan fingerprint density at radius 1 is 1.31 bits per heavy atom. The Morgan fingerprint density at radius 2 is 2.00 bits per heavy atom. The Labute approximate surface area is 94.9 Å². The Kier molecular flexibility index (Phi) is 5.39. The third-order valence-corrected chi connectivity index (χ3v) is 2.51. The Balaban J connectivity index is 2.06. The fraction of sp³-hybridized carbons (Fsp3) is 0.636. The Bertz CT molecular complexity index is 279. The lowest BCUT2D eigenvalue weighted by Crippen LogP contribution is -2.33. The molecule has 90 valence electrons. The highest BCUT2D eigenvalue weighted by molar-refractivity contribution is 5.75. The number of carbonyl (C=O) groups excluding carboxylic acids is 1. The van der Waals surface area contributed by atoms with E-state index in [1.54, 1.807) is 6.20 Å². The van der Waals surface area contributed by atoms with Gasteiger partial charge in [-0.3, -0.25) is 4.79 Å². The number of urea groups is 1. The number of nitrogens with one attached hydrogen (secondary N) is 2. The standard InChI is InChI=1S/C11H18N2O3/c14-10(15)6-3-7-12-11(16)13-8-9-4-1-2-5-9/h8H,1-7H2,(H,14,15)(H2,12,13,16). The van der Waals surface area contributed by atoms with Gasteiger partial charge in [-0.15, -0.1) is 0 Å². The van der Waals surface area contributed by atoms with Crippen LogP contribution in [0.2, 0.25) is 0 Å². The molecule has 2 amide bonds. The van der Waals surface area contributed by atoms with Gasteiger partial charge in [-0.2, -0.15) is 0 Å². The summed E-state index contributed by atoms with van der Waals surface area (Å²) in [6.07, 6.45) is 6.85. The molecule has 5 heteroatoms. The number of hydrogen-bond acceptors (Lipinski definition) is 2. The number of carbonyl (C=O) groups is 2. The van der Waals surface area contributed by atoms with Gasteiger partial charge in [-0.25, -0.2) is 4.79 Å². The highest BCUT2D eigenvalue weighted by Crippen LogP contribution is 2.22. The maximum absolute atomic E-state index is 11.2. The SMILES string of the molecule is O=C(O)CCCNC(=O)NC=C1CCCC1. The van der Waals surface area contributed by atoms with Crippen LogP contribution in [0.3, 0.4) is 0 Å². The van der Waals surface area contributed by atoms with E-state index in [0.717, 1.165) is 12.8 Å². The van der Waals surface area contributed by atoms with Gasteiger partial charge in [0.05, 0.1) is 0 Å². The molecule has 3 N–H and O–H groups in total. The summed E-state index contributed by atoms with van der Waals surface area (Å²) in [5, 5.41) is 13.6.